The van der Waals surface area contributed by atoms with Crippen LogP contribution in [0.25, 0.3) is 21.7 Å². The van der Waals surface area contributed by atoms with Gasteiger partial charge in [-0.25, -0.2) is 4.98 Å². The van der Waals surface area contributed by atoms with Crippen LogP contribution in [0, 0.1) is 0 Å². The number of ether oxygens (including phenoxy) is 1. The van der Waals surface area contributed by atoms with Crippen LogP contribution in [0.1, 0.15) is 10.4 Å². The normalized spacial score (nSPS) is 10.6. The summed E-state index contributed by atoms with van der Waals surface area (Å²) in [6, 6.07) is 24.5. The van der Waals surface area contributed by atoms with Crippen LogP contribution in [0.15, 0.2) is 78.9 Å². The molecule has 0 fully saturated rings. The number of hydrogen-bond donors (Lipinski definition) is 1. The van der Waals surface area contributed by atoms with Crippen LogP contribution in [0.2, 0.25) is 5.02 Å². The fourth-order valence-electron chi connectivity index (χ4n) is 2.87. The first-order valence-electron chi connectivity index (χ1n) is 8.91. The van der Waals surface area contributed by atoms with Crippen molar-refractivity contribution in [3.05, 3.63) is 89.4 Å². The monoisotopic (exact) mass is 420 g/mol. The lowest BCUT2D eigenvalue weighted by atomic mass is 10.1. The van der Waals surface area contributed by atoms with Crippen LogP contribution < -0.4 is 10.1 Å². The first-order valence-corrected chi connectivity index (χ1v) is 10.1. The van der Waals surface area contributed by atoms with Crippen molar-refractivity contribution in [2.75, 3.05) is 12.4 Å². The first kappa shape index (κ1) is 19.2. The molecule has 29 heavy (non-hydrogen) atoms. The molecule has 0 aliphatic rings. The molecule has 4 aromatic rings. The Morgan fingerprint density at radius 3 is 2.28 bits per heavy atom. The molecule has 1 aromatic heterocycles. The Hall–Kier alpha value is -3.15. The van der Waals surface area contributed by atoms with Crippen LogP contribution in [0.4, 0.5) is 5.13 Å². The molecule has 0 bridgehead atoms. The molecule has 0 saturated heterocycles. The second-order valence-electron chi connectivity index (χ2n) is 6.25. The number of thiazole rings is 1. The predicted octanol–water partition coefficient (Wildman–Crippen LogP) is 6.39. The summed E-state index contributed by atoms with van der Waals surface area (Å²) in [6.45, 7) is 0. The highest BCUT2D eigenvalue weighted by Gasteiger charge is 2.17. The number of anilines is 1. The zero-order valence-corrected chi connectivity index (χ0v) is 17.1. The van der Waals surface area contributed by atoms with Gasteiger partial charge in [0.15, 0.2) is 5.13 Å². The molecule has 0 atom stereocenters. The molecule has 1 heterocycles. The van der Waals surface area contributed by atoms with Crippen molar-refractivity contribution < 1.29 is 9.53 Å². The predicted molar refractivity (Wildman–Crippen MR) is 119 cm³/mol. The standard InChI is InChI=1S/C23H17ClN2O2S/c1-28-19-13-9-17(10-14-19)22(27)26-23-25-20(15-7-11-18(24)12-8-15)21(29-23)16-5-3-2-4-6-16/h2-14H,1H3,(H,25,26,27). The Kier molecular flexibility index (Phi) is 5.60. The lowest BCUT2D eigenvalue weighted by molar-refractivity contribution is 0.102. The van der Waals surface area contributed by atoms with Crippen LogP contribution in [-0.4, -0.2) is 18.0 Å². The van der Waals surface area contributed by atoms with E-state index in [0.29, 0.717) is 21.5 Å². The number of benzene rings is 3. The van der Waals surface area contributed by atoms with Gasteiger partial charge in [-0.15, -0.1) is 0 Å². The Labute approximate surface area is 177 Å². The molecule has 0 spiro atoms. The largest absolute Gasteiger partial charge is 0.497 e. The Morgan fingerprint density at radius 1 is 0.931 bits per heavy atom. The summed E-state index contributed by atoms with van der Waals surface area (Å²) in [5, 5.41) is 4.11. The zero-order valence-electron chi connectivity index (χ0n) is 15.6. The first-order chi connectivity index (χ1) is 14.1. The molecule has 0 aliphatic carbocycles. The van der Waals surface area contributed by atoms with Gasteiger partial charge in [0.2, 0.25) is 0 Å². The molecular weight excluding hydrogens is 404 g/mol. The molecule has 1 N–H and O–H groups in total. The minimum atomic E-state index is -0.219. The summed E-state index contributed by atoms with van der Waals surface area (Å²) in [5.74, 6) is 0.482. The number of nitrogens with one attached hydrogen (secondary N) is 1. The number of rotatable bonds is 5. The second-order valence-corrected chi connectivity index (χ2v) is 7.69. The number of carbonyl (C=O) groups is 1. The highest BCUT2D eigenvalue weighted by atomic mass is 35.5. The maximum absolute atomic E-state index is 12.6. The van der Waals surface area contributed by atoms with Crippen LogP contribution >= 0.6 is 22.9 Å². The van der Waals surface area contributed by atoms with Crippen molar-refractivity contribution in [3.8, 4) is 27.4 Å². The Bertz CT molecular complexity index is 1120. The van der Waals surface area contributed by atoms with E-state index in [1.54, 1.807) is 31.4 Å². The molecular formula is C23H17ClN2O2S. The Morgan fingerprint density at radius 2 is 1.62 bits per heavy atom. The minimum absolute atomic E-state index is 0.219. The van der Waals surface area contributed by atoms with Crippen LogP contribution in [0.3, 0.4) is 0 Å². The third-order valence-corrected chi connectivity index (χ3v) is 5.63. The Balaban J connectivity index is 1.68. The molecule has 0 unspecified atom stereocenters. The number of halogens is 1. The van der Waals surface area contributed by atoms with E-state index in [4.69, 9.17) is 21.3 Å². The number of methoxy groups -OCH3 is 1. The van der Waals surface area contributed by atoms with Gasteiger partial charge in [0.1, 0.15) is 5.75 Å². The topological polar surface area (TPSA) is 51.2 Å². The third kappa shape index (κ3) is 4.31. The average Bonchev–Trinajstić information content (AvgIpc) is 3.18. The molecule has 1 amide bonds. The van der Waals surface area contributed by atoms with Crippen molar-refractivity contribution in [1.82, 2.24) is 4.98 Å². The summed E-state index contributed by atoms with van der Waals surface area (Å²) in [7, 11) is 1.59. The van der Waals surface area contributed by atoms with Crippen LogP contribution in [0.5, 0.6) is 5.75 Å². The molecule has 144 valence electrons. The van der Waals surface area contributed by atoms with E-state index >= 15 is 0 Å². The van der Waals surface area contributed by atoms with E-state index in [9.17, 15) is 4.79 Å². The smallest absolute Gasteiger partial charge is 0.257 e. The number of hydrogen-bond acceptors (Lipinski definition) is 4. The van der Waals surface area contributed by atoms with Gasteiger partial charge in [-0.1, -0.05) is 65.4 Å². The average molecular weight is 421 g/mol. The van der Waals surface area contributed by atoms with Crippen molar-refractivity contribution in [1.29, 1.82) is 0 Å². The van der Waals surface area contributed by atoms with E-state index in [1.165, 1.54) is 11.3 Å². The fourth-order valence-corrected chi connectivity index (χ4v) is 3.99. The van der Waals surface area contributed by atoms with Crippen molar-refractivity contribution in [2.24, 2.45) is 0 Å². The SMILES string of the molecule is COc1ccc(C(=O)Nc2nc(-c3ccc(Cl)cc3)c(-c3ccccc3)s2)cc1. The van der Waals surface area contributed by atoms with Gasteiger partial charge < -0.3 is 4.74 Å². The zero-order chi connectivity index (χ0) is 20.2. The summed E-state index contributed by atoms with van der Waals surface area (Å²) in [5.41, 5.74) is 3.33. The third-order valence-electron chi connectivity index (χ3n) is 4.35. The van der Waals surface area contributed by atoms with Gasteiger partial charge in [-0.2, -0.15) is 0 Å². The number of aromatic nitrogens is 1. The molecule has 4 nitrogen and oxygen atoms in total. The van der Waals surface area contributed by atoms with Gasteiger partial charge in [-0.05, 0) is 42.0 Å². The van der Waals surface area contributed by atoms with Gasteiger partial charge in [0.25, 0.3) is 5.91 Å². The highest BCUT2D eigenvalue weighted by Crippen LogP contribution is 2.39. The minimum Gasteiger partial charge on any atom is -0.497 e. The number of nitrogens with zero attached hydrogens (tertiary/aromatic N) is 1. The van der Waals surface area contributed by atoms with E-state index in [2.05, 4.69) is 5.32 Å². The summed E-state index contributed by atoms with van der Waals surface area (Å²) >= 11 is 7.48. The van der Waals surface area contributed by atoms with Crippen molar-refractivity contribution >= 4 is 34.0 Å². The number of carbonyl (C=O) groups excluding carboxylic acids is 1. The lowest BCUT2D eigenvalue weighted by Gasteiger charge is -2.03. The molecule has 0 radical (unpaired) electrons. The van der Waals surface area contributed by atoms with Gasteiger partial charge in [-0.3, -0.25) is 10.1 Å². The number of amides is 1. The van der Waals surface area contributed by atoms with E-state index in [-0.39, 0.29) is 5.91 Å². The van der Waals surface area contributed by atoms with Crippen LogP contribution in [-0.2, 0) is 0 Å². The maximum Gasteiger partial charge on any atom is 0.257 e. The molecule has 4 rings (SSSR count). The fraction of sp³-hybridized carbons (Fsp3) is 0.0435. The van der Waals surface area contributed by atoms with Crippen molar-refractivity contribution in [3.63, 3.8) is 0 Å². The van der Waals surface area contributed by atoms with E-state index in [0.717, 1.165) is 21.7 Å². The maximum atomic E-state index is 12.6. The van der Waals surface area contributed by atoms with Gasteiger partial charge in [0.05, 0.1) is 17.7 Å². The van der Waals surface area contributed by atoms with Gasteiger partial charge in [0, 0.05) is 16.1 Å². The quantitative estimate of drug-likeness (QED) is 0.407. The van der Waals surface area contributed by atoms with E-state index in [1.807, 2.05) is 54.6 Å². The summed E-state index contributed by atoms with van der Waals surface area (Å²) < 4.78 is 5.14. The lowest BCUT2D eigenvalue weighted by Crippen LogP contribution is -2.11. The van der Waals surface area contributed by atoms with Crippen molar-refractivity contribution in [2.45, 2.75) is 0 Å². The van der Waals surface area contributed by atoms with Gasteiger partial charge >= 0.3 is 0 Å². The molecule has 0 saturated carbocycles. The molecule has 3 aromatic carbocycles. The van der Waals surface area contributed by atoms with E-state index < -0.39 is 0 Å². The summed E-state index contributed by atoms with van der Waals surface area (Å²) in [4.78, 5) is 18.3. The summed E-state index contributed by atoms with van der Waals surface area (Å²) in [6.07, 6.45) is 0. The second kappa shape index (κ2) is 8.47. The highest BCUT2D eigenvalue weighted by molar-refractivity contribution is 7.19. The molecule has 0 aliphatic heterocycles. The molecule has 6 heteroatoms.